The second kappa shape index (κ2) is 11.2. The third-order valence-electron chi connectivity index (χ3n) is 5.97. The van der Waals surface area contributed by atoms with E-state index in [0.29, 0.717) is 5.56 Å². The molecule has 0 atom stereocenters. The normalized spacial score (nSPS) is 11.1. The van der Waals surface area contributed by atoms with Crippen LogP contribution in [0.5, 0.6) is 0 Å². The van der Waals surface area contributed by atoms with Crippen LogP contribution in [0.3, 0.4) is 0 Å². The summed E-state index contributed by atoms with van der Waals surface area (Å²) in [5.41, 5.74) is 6.96. The third-order valence-corrected chi connectivity index (χ3v) is 6.82. The van der Waals surface area contributed by atoms with Crippen LogP contribution in [0.15, 0.2) is 72.4 Å². The van der Waals surface area contributed by atoms with E-state index in [0.717, 1.165) is 53.6 Å². The number of nitrogens with one attached hydrogen (secondary N) is 1. The molecule has 0 bridgehead atoms. The van der Waals surface area contributed by atoms with E-state index in [-0.39, 0.29) is 5.91 Å². The number of pyridine rings is 1. The molecule has 1 amide bonds. The topological polar surface area (TPSA) is 58.1 Å². The lowest BCUT2D eigenvalue weighted by atomic mass is 10.0. The molecular weight excluding hydrogens is 440 g/mol. The number of carbonyl (C=O) groups excluding carboxylic acids is 1. The molecule has 174 valence electrons. The maximum absolute atomic E-state index is 12.8. The van der Waals surface area contributed by atoms with Gasteiger partial charge in [-0.3, -0.25) is 14.7 Å². The summed E-state index contributed by atoms with van der Waals surface area (Å²) in [5.74, 6) is -0.0997. The zero-order valence-corrected chi connectivity index (χ0v) is 20.7. The van der Waals surface area contributed by atoms with Gasteiger partial charge in [-0.2, -0.15) is 0 Å². The molecule has 1 N–H and O–H groups in total. The van der Waals surface area contributed by atoms with Gasteiger partial charge in [0.2, 0.25) is 0 Å². The quantitative estimate of drug-likeness (QED) is 0.316. The van der Waals surface area contributed by atoms with Crippen molar-refractivity contribution in [3.05, 3.63) is 99.6 Å². The first-order valence-electron chi connectivity index (χ1n) is 11.6. The largest absolute Gasteiger partial charge is 0.322 e. The molecule has 0 aliphatic carbocycles. The molecule has 0 aliphatic heterocycles. The first-order chi connectivity index (χ1) is 16.6. The van der Waals surface area contributed by atoms with Crippen molar-refractivity contribution >= 4 is 22.9 Å². The number of carbonyl (C=O) groups is 1. The summed E-state index contributed by atoms with van der Waals surface area (Å²) < 4.78 is 0. The number of thiazole rings is 1. The second-order valence-electron chi connectivity index (χ2n) is 8.30. The number of hydrogen-bond donors (Lipinski definition) is 1. The lowest BCUT2D eigenvalue weighted by Gasteiger charge is -2.18. The van der Waals surface area contributed by atoms with Crippen molar-refractivity contribution in [2.45, 2.75) is 33.7 Å². The van der Waals surface area contributed by atoms with E-state index in [2.05, 4.69) is 41.4 Å². The van der Waals surface area contributed by atoms with Gasteiger partial charge in [0.1, 0.15) is 0 Å². The Balaban J connectivity index is 1.43. The number of aromatic nitrogens is 2. The average Bonchev–Trinajstić information content (AvgIpc) is 3.34. The summed E-state index contributed by atoms with van der Waals surface area (Å²) in [4.78, 5) is 24.2. The van der Waals surface area contributed by atoms with Crippen molar-refractivity contribution in [3.63, 3.8) is 0 Å². The minimum Gasteiger partial charge on any atom is -0.322 e. The van der Waals surface area contributed by atoms with Gasteiger partial charge in [0, 0.05) is 47.6 Å². The molecule has 0 spiro atoms. The van der Waals surface area contributed by atoms with E-state index in [1.54, 1.807) is 17.5 Å². The average molecular weight is 471 g/mol. The smallest absolute Gasteiger partial charge is 0.255 e. The zero-order valence-electron chi connectivity index (χ0n) is 19.9. The standard InChI is InChI=1S/C28H30N4OS/c1-4-32(5-2)18-21-9-11-22(12-10-21)28(33)30-25-13-8-20(3)24(15-25)16-27-31-26(19-34-27)23-7-6-14-29-17-23/h6-15,17,19H,4-5,16,18H2,1-3H3,(H,30,33). The van der Waals surface area contributed by atoms with E-state index in [1.807, 2.05) is 60.8 Å². The molecule has 2 heterocycles. The summed E-state index contributed by atoms with van der Waals surface area (Å²) in [5, 5.41) is 6.15. The number of hydrogen-bond acceptors (Lipinski definition) is 5. The van der Waals surface area contributed by atoms with Crippen molar-refractivity contribution in [1.82, 2.24) is 14.9 Å². The molecule has 4 aromatic rings. The van der Waals surface area contributed by atoms with Crippen molar-refractivity contribution in [2.75, 3.05) is 18.4 Å². The van der Waals surface area contributed by atoms with Crippen LogP contribution in [-0.2, 0) is 13.0 Å². The van der Waals surface area contributed by atoms with Crippen molar-refractivity contribution in [3.8, 4) is 11.3 Å². The fourth-order valence-electron chi connectivity index (χ4n) is 3.81. The van der Waals surface area contributed by atoms with Gasteiger partial charge in [-0.05, 0) is 73.1 Å². The zero-order chi connectivity index (χ0) is 23.9. The van der Waals surface area contributed by atoms with Crippen molar-refractivity contribution in [1.29, 1.82) is 0 Å². The Morgan fingerprint density at radius 1 is 1.06 bits per heavy atom. The molecule has 0 radical (unpaired) electrons. The number of nitrogens with zero attached hydrogens (tertiary/aromatic N) is 3. The van der Waals surface area contributed by atoms with Crippen molar-refractivity contribution in [2.24, 2.45) is 0 Å². The Labute approximate surface area is 205 Å². The van der Waals surface area contributed by atoms with Gasteiger partial charge in [0.15, 0.2) is 0 Å². The summed E-state index contributed by atoms with van der Waals surface area (Å²) in [6.07, 6.45) is 4.32. The van der Waals surface area contributed by atoms with Crippen LogP contribution in [0.1, 0.15) is 45.9 Å². The Bertz CT molecular complexity index is 1230. The van der Waals surface area contributed by atoms with Gasteiger partial charge in [0.05, 0.1) is 10.7 Å². The van der Waals surface area contributed by atoms with Crippen LogP contribution in [0.25, 0.3) is 11.3 Å². The molecule has 0 unspecified atom stereocenters. The Kier molecular flexibility index (Phi) is 7.83. The van der Waals surface area contributed by atoms with Gasteiger partial charge in [-0.1, -0.05) is 32.0 Å². The molecule has 0 saturated heterocycles. The highest BCUT2D eigenvalue weighted by molar-refractivity contribution is 7.10. The highest BCUT2D eigenvalue weighted by Gasteiger charge is 2.11. The highest BCUT2D eigenvalue weighted by atomic mass is 32.1. The van der Waals surface area contributed by atoms with Gasteiger partial charge in [-0.15, -0.1) is 11.3 Å². The highest BCUT2D eigenvalue weighted by Crippen LogP contribution is 2.25. The molecule has 0 fully saturated rings. The molecule has 0 aliphatic rings. The monoisotopic (exact) mass is 470 g/mol. The van der Waals surface area contributed by atoms with Crippen LogP contribution < -0.4 is 5.32 Å². The summed E-state index contributed by atoms with van der Waals surface area (Å²) in [6, 6.07) is 17.9. The molecular formula is C28H30N4OS. The number of anilines is 1. The third kappa shape index (κ3) is 5.95. The Morgan fingerprint density at radius 3 is 2.56 bits per heavy atom. The maximum atomic E-state index is 12.8. The Morgan fingerprint density at radius 2 is 1.85 bits per heavy atom. The van der Waals surface area contributed by atoms with Gasteiger partial charge < -0.3 is 5.32 Å². The molecule has 4 rings (SSSR count). The molecule has 2 aromatic carbocycles. The molecule has 2 aromatic heterocycles. The summed E-state index contributed by atoms with van der Waals surface area (Å²) in [6.45, 7) is 9.34. The molecule has 5 nitrogen and oxygen atoms in total. The van der Waals surface area contributed by atoms with E-state index in [1.165, 1.54) is 11.1 Å². The van der Waals surface area contributed by atoms with Gasteiger partial charge >= 0.3 is 0 Å². The summed E-state index contributed by atoms with van der Waals surface area (Å²) >= 11 is 1.64. The van der Waals surface area contributed by atoms with Crippen LogP contribution in [-0.4, -0.2) is 33.9 Å². The van der Waals surface area contributed by atoms with E-state index < -0.39 is 0 Å². The maximum Gasteiger partial charge on any atom is 0.255 e. The van der Waals surface area contributed by atoms with Crippen LogP contribution in [0, 0.1) is 6.92 Å². The van der Waals surface area contributed by atoms with Crippen LogP contribution in [0.2, 0.25) is 0 Å². The lowest BCUT2D eigenvalue weighted by molar-refractivity contribution is 0.102. The van der Waals surface area contributed by atoms with Gasteiger partial charge in [0.25, 0.3) is 5.91 Å². The first kappa shape index (κ1) is 23.8. The SMILES string of the molecule is CCN(CC)Cc1ccc(C(=O)Nc2ccc(C)c(Cc3nc(-c4cccnc4)cs3)c2)cc1. The minimum atomic E-state index is -0.0997. The number of rotatable bonds is 9. The predicted molar refractivity (Wildman–Crippen MR) is 140 cm³/mol. The van der Waals surface area contributed by atoms with Crippen LogP contribution >= 0.6 is 11.3 Å². The molecule has 6 heteroatoms. The fourth-order valence-corrected chi connectivity index (χ4v) is 4.64. The van der Waals surface area contributed by atoms with Crippen molar-refractivity contribution < 1.29 is 4.79 Å². The van der Waals surface area contributed by atoms with Gasteiger partial charge in [-0.25, -0.2) is 4.98 Å². The molecule has 34 heavy (non-hydrogen) atoms. The lowest BCUT2D eigenvalue weighted by Crippen LogP contribution is -2.22. The fraction of sp³-hybridized carbons (Fsp3) is 0.250. The first-order valence-corrected chi connectivity index (χ1v) is 12.5. The van der Waals surface area contributed by atoms with Crippen LogP contribution in [0.4, 0.5) is 5.69 Å². The number of aryl methyl sites for hydroxylation is 1. The minimum absolute atomic E-state index is 0.0997. The summed E-state index contributed by atoms with van der Waals surface area (Å²) in [7, 11) is 0. The van der Waals surface area contributed by atoms with E-state index in [4.69, 9.17) is 4.98 Å². The second-order valence-corrected chi connectivity index (χ2v) is 9.24. The number of amides is 1. The Hall–Kier alpha value is -3.35. The van der Waals surface area contributed by atoms with E-state index >= 15 is 0 Å². The predicted octanol–water partition coefficient (Wildman–Crippen LogP) is 6.20. The molecule has 0 saturated carbocycles. The number of benzene rings is 2. The van der Waals surface area contributed by atoms with E-state index in [9.17, 15) is 4.79 Å².